The van der Waals surface area contributed by atoms with Crippen LogP contribution in [0.25, 0.3) is 16.6 Å². The molecule has 12 heteroatoms. The van der Waals surface area contributed by atoms with Gasteiger partial charge in [-0.3, -0.25) is 24.0 Å². The minimum Gasteiger partial charge on any atom is -0.497 e. The van der Waals surface area contributed by atoms with Gasteiger partial charge in [-0.15, -0.1) is 0 Å². The molecule has 5 rings (SSSR count). The fraction of sp³-hybridized carbons (Fsp3) is 0.194. The standard InChI is InChI=1S/C31H30N6O6/c1-20-29(31(40)37(21-7-5-4-6-8-21)36(20)15-16-42-28(38)19-32-2)30(39)35-27-12-10-23(18-34-27)43-26-13-14-33-25-17-22(41-3)9-11-24(25)26/h4-14,17-18,32H,15-16,19H2,1-3H3,(H,34,35,39). The van der Waals surface area contributed by atoms with Crippen molar-refractivity contribution in [2.75, 3.05) is 32.6 Å². The summed E-state index contributed by atoms with van der Waals surface area (Å²) in [6, 6.07) is 19.4. The zero-order chi connectivity index (χ0) is 30.3. The van der Waals surface area contributed by atoms with Gasteiger partial charge in [0.1, 0.15) is 35.2 Å². The summed E-state index contributed by atoms with van der Waals surface area (Å²) < 4.78 is 19.6. The highest BCUT2D eigenvalue weighted by atomic mass is 16.5. The van der Waals surface area contributed by atoms with Crippen molar-refractivity contribution < 1.29 is 23.8 Å². The molecule has 2 aromatic carbocycles. The van der Waals surface area contributed by atoms with Crippen LogP contribution < -0.4 is 25.7 Å². The van der Waals surface area contributed by atoms with Crippen molar-refractivity contribution in [3.8, 4) is 22.9 Å². The van der Waals surface area contributed by atoms with Gasteiger partial charge in [0.2, 0.25) is 0 Å². The molecule has 0 atom stereocenters. The Bertz CT molecular complexity index is 1820. The number of hydrogen-bond acceptors (Lipinski definition) is 9. The SMILES string of the molecule is CNCC(=O)OCCn1c(C)c(C(=O)Nc2ccc(Oc3ccnc4cc(OC)ccc34)cn2)c(=O)n1-c1ccccc1. The van der Waals surface area contributed by atoms with E-state index in [0.717, 1.165) is 5.39 Å². The van der Waals surface area contributed by atoms with Gasteiger partial charge < -0.3 is 24.8 Å². The Kier molecular flexibility index (Phi) is 8.77. The number of methoxy groups -OCH3 is 1. The minimum atomic E-state index is -0.617. The van der Waals surface area contributed by atoms with E-state index in [9.17, 15) is 14.4 Å². The van der Waals surface area contributed by atoms with Crippen LogP contribution in [0.4, 0.5) is 5.82 Å². The number of pyridine rings is 2. The number of amides is 1. The molecule has 0 unspecified atom stereocenters. The zero-order valence-electron chi connectivity index (χ0n) is 23.9. The average Bonchev–Trinajstić information content (AvgIpc) is 3.27. The number of carbonyl (C=O) groups is 2. The van der Waals surface area contributed by atoms with E-state index in [4.69, 9.17) is 14.2 Å². The van der Waals surface area contributed by atoms with Crippen LogP contribution in [-0.4, -0.2) is 58.5 Å². The lowest BCUT2D eigenvalue weighted by Crippen LogP contribution is -2.27. The molecule has 0 saturated carbocycles. The van der Waals surface area contributed by atoms with E-state index in [0.29, 0.717) is 34.1 Å². The van der Waals surface area contributed by atoms with Crippen molar-refractivity contribution in [2.45, 2.75) is 13.5 Å². The maximum Gasteiger partial charge on any atom is 0.319 e. The van der Waals surface area contributed by atoms with Gasteiger partial charge in [0.05, 0.1) is 43.3 Å². The van der Waals surface area contributed by atoms with Crippen molar-refractivity contribution in [2.24, 2.45) is 0 Å². The van der Waals surface area contributed by atoms with Crippen molar-refractivity contribution in [1.29, 1.82) is 0 Å². The summed E-state index contributed by atoms with van der Waals surface area (Å²) in [5.74, 6) is 0.917. The second kappa shape index (κ2) is 13.0. The van der Waals surface area contributed by atoms with Crippen LogP contribution in [0.3, 0.4) is 0 Å². The third kappa shape index (κ3) is 6.39. The largest absolute Gasteiger partial charge is 0.497 e. The number of aromatic nitrogens is 4. The topological polar surface area (TPSA) is 139 Å². The van der Waals surface area contributed by atoms with Gasteiger partial charge in [0.15, 0.2) is 0 Å². The Balaban J connectivity index is 1.36. The first-order valence-electron chi connectivity index (χ1n) is 13.5. The number of nitrogens with one attached hydrogen (secondary N) is 2. The molecule has 0 aliphatic heterocycles. The van der Waals surface area contributed by atoms with Gasteiger partial charge in [-0.05, 0) is 56.4 Å². The van der Waals surface area contributed by atoms with E-state index >= 15 is 0 Å². The van der Waals surface area contributed by atoms with E-state index in [1.165, 1.54) is 10.9 Å². The Morgan fingerprint density at radius 3 is 2.49 bits per heavy atom. The molecule has 0 fully saturated rings. The third-order valence-corrected chi connectivity index (χ3v) is 6.63. The molecule has 0 bridgehead atoms. The number of nitrogens with zero attached hydrogens (tertiary/aromatic N) is 4. The summed E-state index contributed by atoms with van der Waals surface area (Å²) in [4.78, 5) is 47.4. The summed E-state index contributed by atoms with van der Waals surface area (Å²) in [5.41, 5.74) is 1.14. The van der Waals surface area contributed by atoms with Crippen LogP contribution >= 0.6 is 0 Å². The van der Waals surface area contributed by atoms with Crippen LogP contribution in [0.5, 0.6) is 17.2 Å². The van der Waals surface area contributed by atoms with Crippen molar-refractivity contribution in [1.82, 2.24) is 24.6 Å². The highest BCUT2D eigenvalue weighted by Crippen LogP contribution is 2.30. The molecule has 43 heavy (non-hydrogen) atoms. The summed E-state index contributed by atoms with van der Waals surface area (Å²) in [5, 5.41) is 6.24. The molecule has 0 spiro atoms. The van der Waals surface area contributed by atoms with Crippen molar-refractivity contribution in [3.63, 3.8) is 0 Å². The lowest BCUT2D eigenvalue weighted by atomic mass is 10.2. The third-order valence-electron chi connectivity index (χ3n) is 6.63. The predicted molar refractivity (Wildman–Crippen MR) is 160 cm³/mol. The van der Waals surface area contributed by atoms with Gasteiger partial charge in [0.25, 0.3) is 11.5 Å². The van der Waals surface area contributed by atoms with E-state index in [1.807, 2.05) is 24.3 Å². The van der Waals surface area contributed by atoms with E-state index in [-0.39, 0.29) is 31.1 Å². The Morgan fingerprint density at radius 2 is 1.77 bits per heavy atom. The summed E-state index contributed by atoms with van der Waals surface area (Å²) in [6.45, 7) is 1.92. The number of rotatable bonds is 11. The fourth-order valence-electron chi connectivity index (χ4n) is 4.58. The quantitative estimate of drug-likeness (QED) is 0.223. The Hall–Kier alpha value is -5.49. The van der Waals surface area contributed by atoms with Crippen molar-refractivity contribution in [3.05, 3.63) is 101 Å². The van der Waals surface area contributed by atoms with E-state index in [1.54, 1.807) is 74.4 Å². The highest BCUT2D eigenvalue weighted by Gasteiger charge is 2.24. The van der Waals surface area contributed by atoms with E-state index in [2.05, 4.69) is 20.6 Å². The smallest absolute Gasteiger partial charge is 0.319 e. The first kappa shape index (κ1) is 29.0. The number of ether oxygens (including phenoxy) is 3. The molecule has 0 saturated heterocycles. The monoisotopic (exact) mass is 582 g/mol. The van der Waals surface area contributed by atoms with Gasteiger partial charge >= 0.3 is 5.97 Å². The van der Waals surface area contributed by atoms with Crippen LogP contribution in [-0.2, 0) is 16.1 Å². The minimum absolute atomic E-state index is 0.0205. The Labute approximate surface area is 246 Å². The lowest BCUT2D eigenvalue weighted by Gasteiger charge is -2.14. The molecule has 0 radical (unpaired) electrons. The number of fused-ring (bicyclic) bond motifs is 1. The fourth-order valence-corrected chi connectivity index (χ4v) is 4.58. The first-order chi connectivity index (χ1) is 20.9. The van der Waals surface area contributed by atoms with Gasteiger partial charge in [-0.2, -0.15) is 0 Å². The lowest BCUT2D eigenvalue weighted by molar-refractivity contribution is -0.142. The number of para-hydroxylation sites is 1. The molecule has 0 aliphatic carbocycles. The van der Waals surface area contributed by atoms with Crippen LogP contribution in [0.1, 0.15) is 16.1 Å². The van der Waals surface area contributed by atoms with Gasteiger partial charge in [0, 0.05) is 17.6 Å². The van der Waals surface area contributed by atoms with Gasteiger partial charge in [-0.25, -0.2) is 9.67 Å². The van der Waals surface area contributed by atoms with Crippen LogP contribution in [0, 0.1) is 6.92 Å². The molecule has 1 amide bonds. The molecule has 5 aromatic rings. The number of esters is 1. The van der Waals surface area contributed by atoms with Crippen molar-refractivity contribution >= 4 is 28.6 Å². The molecule has 3 aromatic heterocycles. The molecule has 3 heterocycles. The zero-order valence-corrected chi connectivity index (χ0v) is 23.9. The van der Waals surface area contributed by atoms with Crippen LogP contribution in [0.15, 0.2) is 83.9 Å². The molecule has 0 aliphatic rings. The summed E-state index contributed by atoms with van der Waals surface area (Å²) >= 11 is 0. The second-order valence-corrected chi connectivity index (χ2v) is 9.41. The molecule has 220 valence electrons. The maximum atomic E-state index is 13.6. The molecule has 2 N–H and O–H groups in total. The van der Waals surface area contributed by atoms with E-state index < -0.39 is 17.4 Å². The van der Waals surface area contributed by atoms with Crippen LogP contribution in [0.2, 0.25) is 0 Å². The predicted octanol–water partition coefficient (Wildman–Crippen LogP) is 3.71. The summed E-state index contributed by atoms with van der Waals surface area (Å²) in [6.07, 6.45) is 3.12. The average molecular weight is 583 g/mol. The summed E-state index contributed by atoms with van der Waals surface area (Å²) in [7, 11) is 3.24. The first-order valence-corrected chi connectivity index (χ1v) is 13.5. The number of carbonyl (C=O) groups excluding carboxylic acids is 2. The maximum absolute atomic E-state index is 13.6. The Morgan fingerprint density at radius 1 is 0.977 bits per heavy atom. The second-order valence-electron chi connectivity index (χ2n) is 9.41. The highest BCUT2D eigenvalue weighted by molar-refractivity contribution is 6.04. The number of hydrogen-bond donors (Lipinski definition) is 2. The molecule has 12 nitrogen and oxygen atoms in total. The number of benzene rings is 2. The molecular weight excluding hydrogens is 552 g/mol. The number of anilines is 1. The number of likely N-dealkylation sites (N-methyl/N-ethyl adjacent to an activating group) is 1. The van der Waals surface area contributed by atoms with Gasteiger partial charge in [-0.1, -0.05) is 18.2 Å². The molecular formula is C31H30N6O6. The normalized spacial score (nSPS) is 10.9.